The largest absolute Gasteiger partial charge is 0.245 e. The van der Waals surface area contributed by atoms with Gasteiger partial charge >= 0.3 is 0 Å². The zero-order valence-corrected chi connectivity index (χ0v) is 12.1. The molecule has 0 N–H and O–H groups in total. The Kier molecular flexibility index (Phi) is 5.14. The first kappa shape index (κ1) is 15.0. The Morgan fingerprint density at radius 1 is 1.61 bits per heavy atom. The van der Waals surface area contributed by atoms with E-state index in [-0.39, 0.29) is 16.6 Å². The lowest BCUT2D eigenvalue weighted by Crippen LogP contribution is -2.37. The van der Waals surface area contributed by atoms with Crippen LogP contribution in [-0.4, -0.2) is 42.8 Å². The van der Waals surface area contributed by atoms with E-state index in [1.54, 1.807) is 17.8 Å². The number of nitrogens with zero attached hydrogens (tertiary/aromatic N) is 3. The molecule has 0 saturated heterocycles. The summed E-state index contributed by atoms with van der Waals surface area (Å²) in [6, 6.07) is 4.58. The van der Waals surface area contributed by atoms with Gasteiger partial charge in [-0.1, -0.05) is 0 Å². The molecule has 0 aliphatic heterocycles. The van der Waals surface area contributed by atoms with E-state index in [4.69, 9.17) is 5.26 Å². The van der Waals surface area contributed by atoms with Gasteiger partial charge in [-0.05, 0) is 25.3 Å². The van der Waals surface area contributed by atoms with Crippen molar-refractivity contribution in [3.8, 4) is 6.07 Å². The Labute approximate surface area is 112 Å². The molecule has 0 radical (unpaired) electrons. The average Bonchev–Trinajstić information content (AvgIpc) is 2.38. The zero-order chi connectivity index (χ0) is 13.8. The lowest BCUT2D eigenvalue weighted by molar-refractivity contribution is 0.414. The highest BCUT2D eigenvalue weighted by atomic mass is 32.2. The van der Waals surface area contributed by atoms with Gasteiger partial charge in [0.2, 0.25) is 10.0 Å². The van der Waals surface area contributed by atoms with Crippen LogP contribution >= 0.6 is 11.8 Å². The lowest BCUT2D eigenvalue weighted by Gasteiger charge is -2.23. The molecule has 5 nitrogen and oxygen atoms in total. The van der Waals surface area contributed by atoms with Gasteiger partial charge in [-0.15, -0.1) is 0 Å². The molecule has 0 aliphatic carbocycles. The van der Waals surface area contributed by atoms with Gasteiger partial charge in [-0.25, -0.2) is 13.4 Å². The topological polar surface area (TPSA) is 74.1 Å². The SMILES string of the molecule is CSCC(C)N(C)S(=O)(=O)c1cccnc1C#N. The number of hydrogen-bond donors (Lipinski definition) is 0. The third-order valence-electron chi connectivity index (χ3n) is 2.56. The summed E-state index contributed by atoms with van der Waals surface area (Å²) in [7, 11) is -2.15. The minimum absolute atomic E-state index is 0.0389. The van der Waals surface area contributed by atoms with Crippen molar-refractivity contribution in [3.63, 3.8) is 0 Å². The molecule has 7 heteroatoms. The van der Waals surface area contributed by atoms with E-state index in [2.05, 4.69) is 4.98 Å². The summed E-state index contributed by atoms with van der Waals surface area (Å²) >= 11 is 1.57. The number of sulfonamides is 1. The third-order valence-corrected chi connectivity index (χ3v) is 5.38. The first-order valence-corrected chi connectivity index (χ1v) is 8.10. The van der Waals surface area contributed by atoms with Crippen LogP contribution in [0, 0.1) is 11.3 Å². The van der Waals surface area contributed by atoms with E-state index in [1.807, 2.05) is 13.2 Å². The summed E-state index contributed by atoms with van der Waals surface area (Å²) in [5.41, 5.74) is -0.0688. The van der Waals surface area contributed by atoms with Crippen molar-refractivity contribution >= 4 is 21.8 Å². The highest BCUT2D eigenvalue weighted by Crippen LogP contribution is 2.19. The molecular weight excluding hydrogens is 270 g/mol. The summed E-state index contributed by atoms with van der Waals surface area (Å²) in [4.78, 5) is 3.74. The van der Waals surface area contributed by atoms with Crippen LogP contribution in [0.15, 0.2) is 23.2 Å². The molecule has 1 aromatic heterocycles. The average molecular weight is 285 g/mol. The van der Waals surface area contributed by atoms with E-state index in [1.165, 1.54) is 29.7 Å². The van der Waals surface area contributed by atoms with Crippen LogP contribution in [0.4, 0.5) is 0 Å². The molecule has 98 valence electrons. The Morgan fingerprint density at radius 3 is 2.83 bits per heavy atom. The van der Waals surface area contributed by atoms with E-state index in [0.717, 1.165) is 0 Å². The molecule has 1 aromatic rings. The summed E-state index contributed by atoms with van der Waals surface area (Å²) in [5.74, 6) is 0.692. The van der Waals surface area contributed by atoms with E-state index >= 15 is 0 Å². The molecule has 0 fully saturated rings. The van der Waals surface area contributed by atoms with Crippen LogP contribution < -0.4 is 0 Å². The fraction of sp³-hybridized carbons (Fsp3) is 0.455. The zero-order valence-electron chi connectivity index (χ0n) is 10.5. The fourth-order valence-electron chi connectivity index (χ4n) is 1.42. The lowest BCUT2D eigenvalue weighted by atomic mass is 10.4. The Bertz CT molecular complexity index is 552. The van der Waals surface area contributed by atoms with Gasteiger partial charge in [-0.2, -0.15) is 21.3 Å². The predicted molar refractivity (Wildman–Crippen MR) is 71.7 cm³/mol. The predicted octanol–water partition coefficient (Wildman–Crippen LogP) is 1.33. The second kappa shape index (κ2) is 6.18. The number of nitriles is 1. The van der Waals surface area contributed by atoms with Gasteiger partial charge in [0.15, 0.2) is 5.69 Å². The van der Waals surface area contributed by atoms with Crippen molar-refractivity contribution in [1.29, 1.82) is 5.26 Å². The Morgan fingerprint density at radius 2 is 2.28 bits per heavy atom. The normalized spacial score (nSPS) is 13.3. The van der Waals surface area contributed by atoms with Crippen molar-refractivity contribution in [2.24, 2.45) is 0 Å². The summed E-state index contributed by atoms with van der Waals surface area (Å²) < 4.78 is 26.0. The third kappa shape index (κ3) is 3.02. The first-order valence-electron chi connectivity index (χ1n) is 5.27. The molecule has 18 heavy (non-hydrogen) atoms. The second-order valence-corrected chi connectivity index (χ2v) is 6.66. The molecular formula is C11H15N3O2S2. The fourth-order valence-corrected chi connectivity index (χ4v) is 3.67. The van der Waals surface area contributed by atoms with Gasteiger partial charge in [-0.3, -0.25) is 0 Å². The highest BCUT2D eigenvalue weighted by Gasteiger charge is 2.27. The molecule has 1 rings (SSSR count). The Hall–Kier alpha value is -1.10. The van der Waals surface area contributed by atoms with Gasteiger partial charge in [0.25, 0.3) is 0 Å². The number of rotatable bonds is 5. The minimum Gasteiger partial charge on any atom is -0.244 e. The van der Waals surface area contributed by atoms with Gasteiger partial charge < -0.3 is 0 Å². The first-order chi connectivity index (χ1) is 8.45. The summed E-state index contributed by atoms with van der Waals surface area (Å²) in [5, 5.41) is 8.91. The molecule has 0 spiro atoms. The Balaban J connectivity index is 3.18. The quantitative estimate of drug-likeness (QED) is 0.816. The summed E-state index contributed by atoms with van der Waals surface area (Å²) in [6.45, 7) is 1.83. The number of pyridine rings is 1. The molecule has 0 bridgehead atoms. The van der Waals surface area contributed by atoms with Crippen molar-refractivity contribution in [2.45, 2.75) is 17.9 Å². The molecule has 1 unspecified atom stereocenters. The van der Waals surface area contributed by atoms with Crippen LogP contribution in [0.5, 0.6) is 0 Å². The molecule has 0 aliphatic rings. The van der Waals surface area contributed by atoms with Gasteiger partial charge in [0, 0.05) is 25.0 Å². The van der Waals surface area contributed by atoms with Crippen LogP contribution in [-0.2, 0) is 10.0 Å². The molecule has 0 aromatic carbocycles. The highest BCUT2D eigenvalue weighted by molar-refractivity contribution is 7.98. The van der Waals surface area contributed by atoms with Crippen LogP contribution in [0.25, 0.3) is 0 Å². The van der Waals surface area contributed by atoms with Gasteiger partial charge in [0.1, 0.15) is 11.0 Å². The van der Waals surface area contributed by atoms with Crippen molar-refractivity contribution in [2.75, 3.05) is 19.1 Å². The molecule has 1 atom stereocenters. The minimum atomic E-state index is -3.67. The summed E-state index contributed by atoms with van der Waals surface area (Å²) in [6.07, 6.45) is 3.32. The van der Waals surface area contributed by atoms with E-state index in [9.17, 15) is 8.42 Å². The smallest absolute Gasteiger partial charge is 0.244 e. The van der Waals surface area contributed by atoms with Crippen molar-refractivity contribution in [3.05, 3.63) is 24.0 Å². The maximum absolute atomic E-state index is 12.4. The van der Waals surface area contributed by atoms with E-state index < -0.39 is 10.0 Å². The molecule has 0 saturated carbocycles. The van der Waals surface area contributed by atoms with Gasteiger partial charge in [0.05, 0.1) is 0 Å². The second-order valence-electron chi connectivity index (χ2n) is 3.79. The maximum Gasteiger partial charge on any atom is 0.245 e. The van der Waals surface area contributed by atoms with E-state index in [0.29, 0.717) is 5.75 Å². The molecule has 0 amide bonds. The van der Waals surface area contributed by atoms with Crippen LogP contribution in [0.2, 0.25) is 0 Å². The number of thioether (sulfide) groups is 1. The maximum atomic E-state index is 12.4. The van der Waals surface area contributed by atoms with Crippen LogP contribution in [0.1, 0.15) is 12.6 Å². The number of aromatic nitrogens is 1. The monoisotopic (exact) mass is 285 g/mol. The number of hydrogen-bond acceptors (Lipinski definition) is 5. The van der Waals surface area contributed by atoms with Crippen molar-refractivity contribution < 1.29 is 8.42 Å². The van der Waals surface area contributed by atoms with Crippen molar-refractivity contribution in [1.82, 2.24) is 9.29 Å². The standard InChI is InChI=1S/C11H15N3O2S2/c1-9(8-17-3)14(2)18(15,16)11-5-4-6-13-10(11)7-12/h4-6,9H,8H2,1-3H3. The molecule has 1 heterocycles. The van der Waals surface area contributed by atoms with Crippen LogP contribution in [0.3, 0.4) is 0 Å².